The SMILES string of the molecule is CCNC1CCC(O)(Cc2c(Cl)c(CC)nn2CC)CC1. The van der Waals surface area contributed by atoms with Gasteiger partial charge in [0.2, 0.25) is 0 Å². The van der Waals surface area contributed by atoms with E-state index in [1.807, 2.05) is 4.68 Å². The van der Waals surface area contributed by atoms with Crippen molar-refractivity contribution in [3.63, 3.8) is 0 Å². The van der Waals surface area contributed by atoms with E-state index in [1.54, 1.807) is 0 Å². The van der Waals surface area contributed by atoms with Gasteiger partial charge in [0.15, 0.2) is 0 Å². The average Bonchev–Trinajstić information content (AvgIpc) is 2.78. The molecular weight excluding hydrogens is 286 g/mol. The maximum absolute atomic E-state index is 10.9. The first-order chi connectivity index (χ1) is 10.0. The molecule has 0 saturated heterocycles. The molecule has 1 aromatic heterocycles. The normalized spacial score (nSPS) is 26.2. The number of hydrogen-bond acceptors (Lipinski definition) is 3. The fourth-order valence-corrected chi connectivity index (χ4v) is 3.66. The molecule has 1 fully saturated rings. The van der Waals surface area contributed by atoms with Crippen molar-refractivity contribution in [2.45, 2.75) is 77.5 Å². The molecule has 1 saturated carbocycles. The van der Waals surface area contributed by atoms with Gasteiger partial charge in [-0.05, 0) is 45.6 Å². The largest absolute Gasteiger partial charge is 0.389 e. The summed E-state index contributed by atoms with van der Waals surface area (Å²) in [6, 6.07) is 0.549. The van der Waals surface area contributed by atoms with Crippen LogP contribution < -0.4 is 5.32 Å². The second-order valence-electron chi connectivity index (χ2n) is 6.11. The van der Waals surface area contributed by atoms with Crippen LogP contribution in [0.2, 0.25) is 5.02 Å². The Kier molecular flexibility index (Phi) is 5.69. The van der Waals surface area contributed by atoms with Crippen molar-refractivity contribution in [2.75, 3.05) is 6.54 Å². The minimum Gasteiger partial charge on any atom is -0.389 e. The number of halogens is 1. The predicted molar refractivity (Wildman–Crippen MR) is 86.9 cm³/mol. The van der Waals surface area contributed by atoms with Crippen LogP contribution in [0.4, 0.5) is 0 Å². The zero-order valence-corrected chi connectivity index (χ0v) is 14.2. The highest BCUT2D eigenvalue weighted by atomic mass is 35.5. The lowest BCUT2D eigenvalue weighted by molar-refractivity contribution is -0.00454. The van der Waals surface area contributed by atoms with Gasteiger partial charge in [-0.25, -0.2) is 0 Å². The molecule has 2 rings (SSSR count). The molecule has 0 bridgehead atoms. The molecule has 1 aliphatic rings. The molecule has 21 heavy (non-hydrogen) atoms. The van der Waals surface area contributed by atoms with Crippen molar-refractivity contribution in [3.8, 4) is 0 Å². The molecule has 120 valence electrons. The molecule has 0 radical (unpaired) electrons. The van der Waals surface area contributed by atoms with Gasteiger partial charge in [0.05, 0.1) is 22.0 Å². The topological polar surface area (TPSA) is 50.1 Å². The van der Waals surface area contributed by atoms with Gasteiger partial charge in [-0.15, -0.1) is 0 Å². The van der Waals surface area contributed by atoms with Crippen molar-refractivity contribution in [2.24, 2.45) is 0 Å². The van der Waals surface area contributed by atoms with Crippen molar-refractivity contribution in [3.05, 3.63) is 16.4 Å². The van der Waals surface area contributed by atoms with E-state index < -0.39 is 5.60 Å². The fraction of sp³-hybridized carbons (Fsp3) is 0.812. The van der Waals surface area contributed by atoms with Crippen LogP contribution in [0.3, 0.4) is 0 Å². The minimum absolute atomic E-state index is 0.549. The Hall–Kier alpha value is -0.580. The summed E-state index contributed by atoms with van der Waals surface area (Å²) in [7, 11) is 0. The van der Waals surface area contributed by atoms with Gasteiger partial charge in [-0.3, -0.25) is 4.68 Å². The Balaban J connectivity index is 2.09. The second-order valence-corrected chi connectivity index (χ2v) is 6.49. The number of hydrogen-bond donors (Lipinski definition) is 2. The van der Waals surface area contributed by atoms with Crippen LogP contribution in [-0.4, -0.2) is 33.1 Å². The highest BCUT2D eigenvalue weighted by molar-refractivity contribution is 6.31. The maximum atomic E-state index is 10.9. The van der Waals surface area contributed by atoms with E-state index >= 15 is 0 Å². The number of nitrogens with zero attached hydrogens (tertiary/aromatic N) is 2. The molecule has 1 aromatic rings. The lowest BCUT2D eigenvalue weighted by Crippen LogP contribution is -2.43. The second kappa shape index (κ2) is 7.12. The molecule has 0 atom stereocenters. The molecule has 4 nitrogen and oxygen atoms in total. The molecule has 1 aliphatic carbocycles. The Morgan fingerprint density at radius 3 is 2.52 bits per heavy atom. The van der Waals surface area contributed by atoms with Crippen LogP contribution in [0.1, 0.15) is 57.8 Å². The summed E-state index contributed by atoms with van der Waals surface area (Å²) >= 11 is 6.46. The Bertz CT molecular complexity index is 464. The van der Waals surface area contributed by atoms with E-state index in [2.05, 4.69) is 31.2 Å². The number of aryl methyl sites for hydroxylation is 2. The molecule has 2 N–H and O–H groups in total. The third-order valence-corrected chi connectivity index (χ3v) is 5.04. The molecule has 5 heteroatoms. The van der Waals surface area contributed by atoms with Crippen molar-refractivity contribution in [1.82, 2.24) is 15.1 Å². The molecular formula is C16H28ClN3O. The highest BCUT2D eigenvalue weighted by Gasteiger charge is 2.35. The Labute approximate surface area is 132 Å². The van der Waals surface area contributed by atoms with Gasteiger partial charge in [-0.1, -0.05) is 25.4 Å². The summed E-state index contributed by atoms with van der Waals surface area (Å²) in [4.78, 5) is 0. The predicted octanol–water partition coefficient (Wildman–Crippen LogP) is 2.94. The maximum Gasteiger partial charge on any atom is 0.0850 e. The minimum atomic E-state index is -0.631. The van der Waals surface area contributed by atoms with E-state index in [1.165, 1.54) is 0 Å². The summed E-state index contributed by atoms with van der Waals surface area (Å²) in [5.41, 5.74) is 1.31. The van der Waals surface area contributed by atoms with E-state index in [-0.39, 0.29) is 0 Å². The zero-order chi connectivity index (χ0) is 15.5. The summed E-state index contributed by atoms with van der Waals surface area (Å²) in [5.74, 6) is 0. The molecule has 0 aromatic carbocycles. The molecule has 0 spiro atoms. The van der Waals surface area contributed by atoms with Crippen LogP contribution in [-0.2, 0) is 19.4 Å². The van der Waals surface area contributed by atoms with Crippen molar-refractivity contribution in [1.29, 1.82) is 0 Å². The molecule has 0 amide bonds. The van der Waals surface area contributed by atoms with Gasteiger partial charge in [0.1, 0.15) is 0 Å². The first-order valence-electron chi connectivity index (χ1n) is 8.22. The molecule has 1 heterocycles. The fourth-order valence-electron chi connectivity index (χ4n) is 3.32. The third kappa shape index (κ3) is 3.79. The summed E-state index contributed by atoms with van der Waals surface area (Å²) in [5, 5.41) is 19.7. The number of aliphatic hydroxyl groups is 1. The van der Waals surface area contributed by atoms with E-state index in [9.17, 15) is 5.11 Å². The van der Waals surface area contributed by atoms with Gasteiger partial charge >= 0.3 is 0 Å². The van der Waals surface area contributed by atoms with Crippen LogP contribution >= 0.6 is 11.6 Å². The molecule has 0 unspecified atom stereocenters. The van der Waals surface area contributed by atoms with Crippen LogP contribution in [0.5, 0.6) is 0 Å². The first kappa shape index (κ1) is 16.8. The summed E-state index contributed by atoms with van der Waals surface area (Å²) in [6.07, 6.45) is 5.17. The van der Waals surface area contributed by atoms with Crippen LogP contribution in [0.25, 0.3) is 0 Å². The number of aromatic nitrogens is 2. The number of rotatable bonds is 6. The Morgan fingerprint density at radius 2 is 2.00 bits per heavy atom. The standard InChI is InChI=1S/C16H28ClN3O/c1-4-13-15(17)14(20(6-3)19-13)11-16(21)9-7-12(8-10-16)18-5-2/h12,18,21H,4-11H2,1-3H3. The van der Waals surface area contributed by atoms with Gasteiger partial charge in [0, 0.05) is 19.0 Å². The summed E-state index contributed by atoms with van der Waals surface area (Å²) < 4.78 is 1.95. The van der Waals surface area contributed by atoms with Crippen molar-refractivity contribution < 1.29 is 5.11 Å². The van der Waals surface area contributed by atoms with Gasteiger partial charge < -0.3 is 10.4 Å². The van der Waals surface area contributed by atoms with E-state index in [4.69, 9.17) is 11.6 Å². The zero-order valence-electron chi connectivity index (χ0n) is 13.5. The van der Waals surface area contributed by atoms with E-state index in [0.29, 0.717) is 12.5 Å². The Morgan fingerprint density at radius 1 is 1.33 bits per heavy atom. The third-order valence-electron chi connectivity index (χ3n) is 4.60. The van der Waals surface area contributed by atoms with Crippen LogP contribution in [0, 0.1) is 0 Å². The monoisotopic (exact) mass is 313 g/mol. The van der Waals surface area contributed by atoms with Crippen molar-refractivity contribution >= 4 is 11.6 Å². The quantitative estimate of drug-likeness (QED) is 0.849. The number of nitrogens with one attached hydrogen (secondary N) is 1. The van der Waals surface area contributed by atoms with Crippen LogP contribution in [0.15, 0.2) is 0 Å². The molecule has 0 aliphatic heterocycles. The average molecular weight is 314 g/mol. The summed E-state index contributed by atoms with van der Waals surface area (Å²) in [6.45, 7) is 8.06. The highest BCUT2D eigenvalue weighted by Crippen LogP contribution is 2.34. The lowest BCUT2D eigenvalue weighted by Gasteiger charge is -2.36. The first-order valence-corrected chi connectivity index (χ1v) is 8.60. The van der Waals surface area contributed by atoms with Gasteiger partial charge in [0.25, 0.3) is 0 Å². The smallest absolute Gasteiger partial charge is 0.0850 e. The van der Waals surface area contributed by atoms with E-state index in [0.717, 1.165) is 61.6 Å². The van der Waals surface area contributed by atoms with Gasteiger partial charge in [-0.2, -0.15) is 5.10 Å². The lowest BCUT2D eigenvalue weighted by atomic mass is 9.79.